The van der Waals surface area contributed by atoms with E-state index in [0.717, 1.165) is 12.8 Å². The van der Waals surface area contributed by atoms with Crippen LogP contribution in [-0.2, 0) is 14.4 Å². The summed E-state index contributed by atoms with van der Waals surface area (Å²) < 4.78 is 0. The molecule has 0 spiro atoms. The van der Waals surface area contributed by atoms with E-state index in [1.54, 1.807) is 6.92 Å². The molecule has 186 valence electrons. The Bertz CT molecular complexity index is 602. The molecule has 0 unspecified atom stereocenters. The molecule has 0 bridgehead atoms. The molecule has 0 aromatic rings. The predicted molar refractivity (Wildman–Crippen MR) is 128 cm³/mol. The minimum atomic E-state index is -0.833. The molecule has 1 saturated carbocycles. The van der Waals surface area contributed by atoms with Crippen molar-refractivity contribution in [3.05, 3.63) is 0 Å². The zero-order valence-electron chi connectivity index (χ0n) is 21.2. The highest BCUT2D eigenvalue weighted by Crippen LogP contribution is 2.31. The van der Waals surface area contributed by atoms with Crippen molar-refractivity contribution >= 4 is 17.7 Å². The van der Waals surface area contributed by atoms with Crippen molar-refractivity contribution in [3.8, 4) is 0 Å². The van der Waals surface area contributed by atoms with Crippen molar-refractivity contribution in [2.45, 2.75) is 105 Å². The van der Waals surface area contributed by atoms with Gasteiger partial charge in [0.05, 0.1) is 12.1 Å². The molecule has 3 amide bonds. The Kier molecular flexibility index (Phi) is 12.3. The van der Waals surface area contributed by atoms with Gasteiger partial charge in [0.25, 0.3) is 0 Å². The Morgan fingerprint density at radius 1 is 0.875 bits per heavy atom. The second-order valence-corrected chi connectivity index (χ2v) is 10.4. The van der Waals surface area contributed by atoms with Gasteiger partial charge in [0.15, 0.2) is 0 Å². The summed E-state index contributed by atoms with van der Waals surface area (Å²) in [5.41, 5.74) is 0. The molecular weight excluding hydrogens is 406 g/mol. The molecule has 1 rings (SSSR count). The fraction of sp³-hybridized carbons (Fsp3) is 0.880. The van der Waals surface area contributed by atoms with Gasteiger partial charge in [0.2, 0.25) is 17.7 Å². The third-order valence-electron chi connectivity index (χ3n) is 6.68. The number of rotatable bonds is 13. The summed E-state index contributed by atoms with van der Waals surface area (Å²) in [6.07, 6.45) is 4.58. The molecule has 0 aliphatic heterocycles. The highest BCUT2D eigenvalue weighted by molar-refractivity contribution is 5.88. The maximum absolute atomic E-state index is 12.9. The van der Waals surface area contributed by atoms with E-state index in [-0.39, 0.29) is 36.0 Å². The first-order valence-corrected chi connectivity index (χ1v) is 12.5. The quantitative estimate of drug-likeness (QED) is 0.344. The number of aliphatic hydroxyl groups excluding tert-OH is 1. The van der Waals surface area contributed by atoms with Crippen molar-refractivity contribution in [1.29, 1.82) is 0 Å². The lowest BCUT2D eigenvalue weighted by atomic mass is 9.89. The highest BCUT2D eigenvalue weighted by atomic mass is 16.3. The van der Waals surface area contributed by atoms with Gasteiger partial charge in [-0.05, 0) is 50.4 Å². The number of carbonyl (C=O) groups is 3. The summed E-state index contributed by atoms with van der Waals surface area (Å²) in [7, 11) is 0. The Morgan fingerprint density at radius 2 is 1.47 bits per heavy atom. The van der Waals surface area contributed by atoms with E-state index in [2.05, 4.69) is 29.8 Å². The number of amides is 3. The number of carbonyl (C=O) groups excluding carboxylic acids is 3. The lowest BCUT2D eigenvalue weighted by molar-refractivity contribution is -0.132. The van der Waals surface area contributed by atoms with Crippen LogP contribution in [0.1, 0.15) is 87.0 Å². The first kappa shape index (κ1) is 28.4. The van der Waals surface area contributed by atoms with E-state index in [1.807, 2.05) is 27.7 Å². The first-order chi connectivity index (χ1) is 15.0. The van der Waals surface area contributed by atoms with Crippen LogP contribution >= 0.6 is 0 Å². The van der Waals surface area contributed by atoms with Gasteiger partial charge in [0, 0.05) is 18.4 Å². The van der Waals surface area contributed by atoms with Crippen LogP contribution in [0.4, 0.5) is 0 Å². The topological polar surface area (TPSA) is 108 Å². The van der Waals surface area contributed by atoms with Crippen molar-refractivity contribution in [2.75, 3.05) is 6.54 Å². The Morgan fingerprint density at radius 3 is 1.97 bits per heavy atom. The van der Waals surface area contributed by atoms with Gasteiger partial charge < -0.3 is 21.1 Å². The largest absolute Gasteiger partial charge is 0.391 e. The van der Waals surface area contributed by atoms with Crippen LogP contribution in [0.2, 0.25) is 0 Å². The third-order valence-corrected chi connectivity index (χ3v) is 6.68. The van der Waals surface area contributed by atoms with Crippen molar-refractivity contribution in [1.82, 2.24) is 16.0 Å². The average Bonchev–Trinajstić information content (AvgIpc) is 3.24. The fourth-order valence-corrected chi connectivity index (χ4v) is 4.55. The second kappa shape index (κ2) is 13.8. The van der Waals surface area contributed by atoms with Crippen LogP contribution in [0.5, 0.6) is 0 Å². The summed E-state index contributed by atoms with van der Waals surface area (Å²) in [4.78, 5) is 37.9. The summed E-state index contributed by atoms with van der Waals surface area (Å²) in [6.45, 7) is 14.0. The van der Waals surface area contributed by atoms with Crippen molar-refractivity contribution in [3.63, 3.8) is 0 Å². The van der Waals surface area contributed by atoms with E-state index in [9.17, 15) is 19.5 Å². The number of hydrogen-bond acceptors (Lipinski definition) is 4. The minimum Gasteiger partial charge on any atom is -0.391 e. The number of nitrogens with one attached hydrogen (secondary N) is 3. The normalized spacial score (nSPS) is 19.3. The summed E-state index contributed by atoms with van der Waals surface area (Å²) >= 11 is 0. The number of aliphatic hydroxyl groups is 1. The fourth-order valence-electron chi connectivity index (χ4n) is 4.55. The average molecular weight is 454 g/mol. The SMILES string of the molecule is CCNC(=O)[C@@H](NC(=O)[C@H](C)C[C@H](O)[C@H](CC(C)C)NC(=O)[C@@H](C)C1CCCC1)C(C)C. The molecule has 1 aliphatic rings. The van der Waals surface area contributed by atoms with E-state index in [1.165, 1.54) is 12.8 Å². The van der Waals surface area contributed by atoms with E-state index in [4.69, 9.17) is 0 Å². The number of hydrogen-bond donors (Lipinski definition) is 4. The summed E-state index contributed by atoms with van der Waals surface area (Å²) in [5, 5.41) is 19.6. The smallest absolute Gasteiger partial charge is 0.242 e. The molecule has 32 heavy (non-hydrogen) atoms. The van der Waals surface area contributed by atoms with Crippen LogP contribution in [0.15, 0.2) is 0 Å². The lowest BCUT2D eigenvalue weighted by Gasteiger charge is -2.30. The minimum absolute atomic E-state index is 0.00480. The monoisotopic (exact) mass is 453 g/mol. The molecule has 0 aromatic carbocycles. The van der Waals surface area contributed by atoms with Crippen LogP contribution in [0, 0.1) is 29.6 Å². The van der Waals surface area contributed by atoms with Crippen LogP contribution in [0.3, 0.4) is 0 Å². The van der Waals surface area contributed by atoms with E-state index in [0.29, 0.717) is 24.8 Å². The molecule has 7 nitrogen and oxygen atoms in total. The lowest BCUT2D eigenvalue weighted by Crippen LogP contribution is -2.52. The Labute approximate surface area is 194 Å². The standard InChI is InChI=1S/C25H47N3O4/c1-8-26-25(32)22(16(4)5)28-23(30)17(6)14-21(29)20(13-15(2)3)27-24(31)18(7)19-11-9-10-12-19/h15-22,29H,8-14H2,1-7H3,(H,26,32)(H,27,31)(H,28,30)/t17-,18+,20+,21+,22+/m1/s1. The van der Waals surface area contributed by atoms with Gasteiger partial charge in [0.1, 0.15) is 6.04 Å². The van der Waals surface area contributed by atoms with Gasteiger partial charge in [-0.25, -0.2) is 0 Å². The molecule has 0 saturated heterocycles. The zero-order valence-corrected chi connectivity index (χ0v) is 21.2. The maximum atomic E-state index is 12.9. The molecule has 0 heterocycles. The molecule has 4 N–H and O–H groups in total. The van der Waals surface area contributed by atoms with Crippen LogP contribution in [0.25, 0.3) is 0 Å². The summed E-state index contributed by atoms with van der Waals surface area (Å²) in [5.74, 6) is -0.356. The van der Waals surface area contributed by atoms with Crippen molar-refractivity contribution < 1.29 is 19.5 Å². The first-order valence-electron chi connectivity index (χ1n) is 12.5. The third kappa shape index (κ3) is 9.08. The summed E-state index contributed by atoms with van der Waals surface area (Å²) in [6, 6.07) is -1.01. The molecule has 0 radical (unpaired) electrons. The predicted octanol–water partition coefficient (Wildman–Crippen LogP) is 3.01. The molecule has 1 fully saturated rings. The molecular formula is C25H47N3O4. The molecule has 1 aliphatic carbocycles. The van der Waals surface area contributed by atoms with Gasteiger partial charge >= 0.3 is 0 Å². The highest BCUT2D eigenvalue weighted by Gasteiger charge is 2.32. The van der Waals surface area contributed by atoms with Gasteiger partial charge in [-0.3, -0.25) is 14.4 Å². The zero-order chi connectivity index (χ0) is 24.4. The molecule has 5 atom stereocenters. The van der Waals surface area contributed by atoms with Crippen molar-refractivity contribution in [2.24, 2.45) is 29.6 Å². The second-order valence-electron chi connectivity index (χ2n) is 10.4. The van der Waals surface area contributed by atoms with Gasteiger partial charge in [-0.2, -0.15) is 0 Å². The van der Waals surface area contributed by atoms with Crippen LogP contribution in [-0.4, -0.2) is 47.6 Å². The molecule has 7 heteroatoms. The Hall–Kier alpha value is -1.63. The van der Waals surface area contributed by atoms with Crippen LogP contribution < -0.4 is 16.0 Å². The molecule has 0 aromatic heterocycles. The van der Waals surface area contributed by atoms with E-state index < -0.39 is 24.1 Å². The number of likely N-dealkylation sites (N-methyl/N-ethyl adjacent to an activating group) is 1. The van der Waals surface area contributed by atoms with E-state index >= 15 is 0 Å². The Balaban J connectivity index is 2.74. The van der Waals surface area contributed by atoms with Gasteiger partial charge in [-0.1, -0.05) is 54.4 Å². The van der Waals surface area contributed by atoms with Gasteiger partial charge in [-0.15, -0.1) is 0 Å². The maximum Gasteiger partial charge on any atom is 0.242 e.